The first-order valence-corrected chi connectivity index (χ1v) is 5.17. The second-order valence-corrected chi connectivity index (χ2v) is 3.18. The Balaban J connectivity index is 3.77. The Kier molecular flexibility index (Phi) is 9.98. The van der Waals surface area contributed by atoms with Gasteiger partial charge in [-0.05, 0) is 0 Å². The molecule has 0 rings (SSSR count). The quantitative estimate of drug-likeness (QED) is 0.418. The lowest BCUT2D eigenvalue weighted by Crippen LogP contribution is -2.35. The zero-order valence-corrected chi connectivity index (χ0v) is 9.72. The fraction of sp³-hybridized carbons (Fsp3) is 0.583. The third kappa shape index (κ3) is 10.7. The van der Waals surface area contributed by atoms with Crippen LogP contribution in [0.5, 0.6) is 0 Å². The van der Waals surface area contributed by atoms with Gasteiger partial charge in [-0.25, -0.2) is 0 Å². The minimum Gasteiger partial charge on any atom is -0.480 e. The van der Waals surface area contributed by atoms with Gasteiger partial charge in [-0.15, -0.1) is 12.8 Å². The van der Waals surface area contributed by atoms with E-state index in [0.29, 0.717) is 26.3 Å². The summed E-state index contributed by atoms with van der Waals surface area (Å²) in [5.41, 5.74) is 0. The van der Waals surface area contributed by atoms with E-state index in [2.05, 4.69) is 11.8 Å². The molecule has 94 valence electrons. The van der Waals surface area contributed by atoms with Gasteiger partial charge in [0.2, 0.25) is 0 Å². The zero-order valence-electron chi connectivity index (χ0n) is 9.72. The van der Waals surface area contributed by atoms with E-state index in [1.165, 1.54) is 0 Å². The second kappa shape index (κ2) is 11.0. The van der Waals surface area contributed by atoms with E-state index in [-0.39, 0.29) is 19.8 Å². The first-order chi connectivity index (χ1) is 8.20. The molecular weight excluding hydrogens is 222 g/mol. The zero-order chi connectivity index (χ0) is 12.9. The summed E-state index contributed by atoms with van der Waals surface area (Å²) in [6.07, 6.45) is 10.0. The number of carboxylic acids is 1. The fourth-order valence-corrected chi connectivity index (χ4v) is 1.11. The first-order valence-electron chi connectivity index (χ1n) is 5.17. The van der Waals surface area contributed by atoms with Crippen molar-refractivity contribution in [2.75, 3.05) is 46.1 Å². The lowest BCUT2D eigenvalue weighted by molar-refractivity contribution is -0.138. The van der Waals surface area contributed by atoms with Gasteiger partial charge in [-0.2, -0.15) is 0 Å². The van der Waals surface area contributed by atoms with Crippen LogP contribution in [0.2, 0.25) is 0 Å². The van der Waals surface area contributed by atoms with Crippen LogP contribution in [0.3, 0.4) is 0 Å². The van der Waals surface area contributed by atoms with Crippen molar-refractivity contribution in [3.63, 3.8) is 0 Å². The Morgan fingerprint density at radius 2 is 1.59 bits per heavy atom. The molecule has 0 spiro atoms. The average Bonchev–Trinajstić information content (AvgIpc) is 2.29. The largest absolute Gasteiger partial charge is 0.480 e. The molecule has 0 aliphatic rings. The number of aliphatic carboxylic acids is 1. The van der Waals surface area contributed by atoms with E-state index in [0.717, 1.165) is 0 Å². The molecule has 0 heterocycles. The molecule has 0 unspecified atom stereocenters. The maximum absolute atomic E-state index is 10.6. The van der Waals surface area contributed by atoms with E-state index in [9.17, 15) is 4.79 Å². The standard InChI is InChI=1S/C12H17NO4/c1-3-7-16-9-5-13(11-12(14)15)6-10-17-8-4-2/h1-2H,5-11H2,(H,14,15). The number of terminal acetylenes is 2. The normalized spacial score (nSPS) is 9.82. The maximum Gasteiger partial charge on any atom is 0.317 e. The summed E-state index contributed by atoms with van der Waals surface area (Å²) in [5.74, 6) is 3.79. The van der Waals surface area contributed by atoms with Crippen LogP contribution in [0.4, 0.5) is 0 Å². The molecule has 0 radical (unpaired) electrons. The van der Waals surface area contributed by atoms with Crippen molar-refractivity contribution >= 4 is 5.97 Å². The van der Waals surface area contributed by atoms with Crippen LogP contribution >= 0.6 is 0 Å². The van der Waals surface area contributed by atoms with Crippen molar-refractivity contribution in [2.45, 2.75) is 0 Å². The van der Waals surface area contributed by atoms with Crippen molar-refractivity contribution < 1.29 is 19.4 Å². The molecule has 0 amide bonds. The van der Waals surface area contributed by atoms with Gasteiger partial charge >= 0.3 is 5.97 Å². The van der Waals surface area contributed by atoms with Crippen molar-refractivity contribution in [1.82, 2.24) is 4.90 Å². The van der Waals surface area contributed by atoms with E-state index >= 15 is 0 Å². The molecule has 17 heavy (non-hydrogen) atoms. The number of hydrogen-bond acceptors (Lipinski definition) is 4. The molecule has 0 atom stereocenters. The van der Waals surface area contributed by atoms with Gasteiger partial charge in [0, 0.05) is 13.1 Å². The Bertz CT molecular complexity index is 268. The van der Waals surface area contributed by atoms with E-state index < -0.39 is 5.97 Å². The molecule has 5 heteroatoms. The number of carboxylic acid groups (broad SMARTS) is 1. The predicted molar refractivity (Wildman–Crippen MR) is 63.4 cm³/mol. The Morgan fingerprint density at radius 1 is 1.12 bits per heavy atom. The molecule has 0 fully saturated rings. The fourth-order valence-electron chi connectivity index (χ4n) is 1.11. The van der Waals surface area contributed by atoms with Crippen molar-refractivity contribution in [2.24, 2.45) is 0 Å². The maximum atomic E-state index is 10.6. The summed E-state index contributed by atoms with van der Waals surface area (Å²) < 4.78 is 10.2. The number of hydrogen-bond donors (Lipinski definition) is 1. The molecule has 0 saturated carbocycles. The number of ether oxygens (including phenoxy) is 2. The highest BCUT2D eigenvalue weighted by Gasteiger charge is 2.08. The van der Waals surface area contributed by atoms with Gasteiger partial charge in [0.25, 0.3) is 0 Å². The van der Waals surface area contributed by atoms with Gasteiger partial charge in [0.1, 0.15) is 13.2 Å². The third-order valence-corrected chi connectivity index (χ3v) is 1.83. The van der Waals surface area contributed by atoms with Crippen LogP contribution in [0, 0.1) is 24.7 Å². The first kappa shape index (κ1) is 15.5. The summed E-state index contributed by atoms with van der Waals surface area (Å²) in [4.78, 5) is 12.3. The van der Waals surface area contributed by atoms with Crippen LogP contribution in [0.15, 0.2) is 0 Å². The molecular formula is C12H17NO4. The van der Waals surface area contributed by atoms with Gasteiger partial charge in [-0.1, -0.05) is 11.8 Å². The van der Waals surface area contributed by atoms with Crippen LogP contribution in [0.1, 0.15) is 0 Å². The lowest BCUT2D eigenvalue weighted by Gasteiger charge is -2.19. The summed E-state index contributed by atoms with van der Waals surface area (Å²) in [6, 6.07) is 0. The average molecular weight is 239 g/mol. The summed E-state index contributed by atoms with van der Waals surface area (Å²) in [6.45, 7) is 2.18. The SMILES string of the molecule is C#CCOCCN(CCOCC#C)CC(=O)O. The molecule has 5 nitrogen and oxygen atoms in total. The van der Waals surface area contributed by atoms with Crippen LogP contribution < -0.4 is 0 Å². The molecule has 0 aliphatic carbocycles. The topological polar surface area (TPSA) is 59.0 Å². The number of nitrogens with zero attached hydrogens (tertiary/aromatic N) is 1. The minimum atomic E-state index is -0.890. The minimum absolute atomic E-state index is 0.0567. The van der Waals surface area contributed by atoms with E-state index in [1.54, 1.807) is 4.90 Å². The molecule has 1 N–H and O–H groups in total. The summed E-state index contributed by atoms with van der Waals surface area (Å²) >= 11 is 0. The molecule has 0 saturated heterocycles. The number of carbonyl (C=O) groups is 1. The van der Waals surface area contributed by atoms with E-state index in [1.807, 2.05) is 0 Å². The van der Waals surface area contributed by atoms with Crippen molar-refractivity contribution in [3.8, 4) is 24.7 Å². The molecule has 0 aromatic carbocycles. The highest BCUT2D eigenvalue weighted by molar-refractivity contribution is 5.69. The van der Waals surface area contributed by atoms with E-state index in [4.69, 9.17) is 27.4 Å². The highest BCUT2D eigenvalue weighted by atomic mass is 16.5. The Morgan fingerprint density at radius 3 is 1.94 bits per heavy atom. The van der Waals surface area contributed by atoms with Gasteiger partial charge in [0.15, 0.2) is 0 Å². The van der Waals surface area contributed by atoms with Crippen molar-refractivity contribution in [3.05, 3.63) is 0 Å². The van der Waals surface area contributed by atoms with Crippen LogP contribution in [-0.2, 0) is 14.3 Å². The van der Waals surface area contributed by atoms with Crippen LogP contribution in [0.25, 0.3) is 0 Å². The van der Waals surface area contributed by atoms with Gasteiger partial charge in [0.05, 0.1) is 19.8 Å². The molecule has 0 bridgehead atoms. The van der Waals surface area contributed by atoms with Crippen LogP contribution in [-0.4, -0.2) is 62.0 Å². The number of rotatable bonds is 10. The summed E-state index contributed by atoms with van der Waals surface area (Å²) in [5, 5.41) is 8.70. The Hall–Kier alpha value is -1.53. The smallest absolute Gasteiger partial charge is 0.317 e. The summed E-state index contributed by atoms with van der Waals surface area (Å²) in [7, 11) is 0. The Labute approximate surface area is 102 Å². The predicted octanol–water partition coefficient (Wildman–Crippen LogP) is -0.327. The molecule has 0 aromatic heterocycles. The van der Waals surface area contributed by atoms with Gasteiger partial charge < -0.3 is 14.6 Å². The highest BCUT2D eigenvalue weighted by Crippen LogP contribution is 1.90. The monoisotopic (exact) mass is 239 g/mol. The molecule has 0 aromatic rings. The van der Waals surface area contributed by atoms with Crippen molar-refractivity contribution in [1.29, 1.82) is 0 Å². The van der Waals surface area contributed by atoms with Gasteiger partial charge in [-0.3, -0.25) is 9.69 Å². The second-order valence-electron chi connectivity index (χ2n) is 3.18. The molecule has 0 aliphatic heterocycles. The lowest BCUT2D eigenvalue weighted by atomic mass is 10.4. The third-order valence-electron chi connectivity index (χ3n) is 1.83.